The lowest BCUT2D eigenvalue weighted by molar-refractivity contribution is 0.380. The lowest BCUT2D eigenvalue weighted by atomic mass is 10.3. The van der Waals surface area contributed by atoms with E-state index in [0.717, 1.165) is 12.2 Å². The molecule has 0 saturated heterocycles. The van der Waals surface area contributed by atoms with Gasteiger partial charge in [0.15, 0.2) is 5.03 Å². The fourth-order valence-electron chi connectivity index (χ4n) is 1.64. The Labute approximate surface area is 124 Å². The van der Waals surface area contributed by atoms with Crippen molar-refractivity contribution in [1.82, 2.24) is 14.5 Å². The molecule has 1 heterocycles. The number of hydrogen-bond donors (Lipinski definition) is 1. The van der Waals surface area contributed by atoms with Crippen LogP contribution < -0.4 is 0 Å². The number of thioether (sulfide) groups is 1. The molecule has 1 unspecified atom stereocenters. The van der Waals surface area contributed by atoms with Gasteiger partial charge >= 0.3 is 0 Å². The molecule has 0 aliphatic rings. The summed E-state index contributed by atoms with van der Waals surface area (Å²) in [5.41, 5.74) is 1.24. The average molecular weight is 326 g/mol. The third-order valence-corrected chi connectivity index (χ3v) is 6.01. The summed E-state index contributed by atoms with van der Waals surface area (Å²) < 4.78 is 26.4. The van der Waals surface area contributed by atoms with Crippen molar-refractivity contribution in [3.63, 3.8) is 0 Å². The van der Waals surface area contributed by atoms with E-state index in [0.29, 0.717) is 11.3 Å². The monoisotopic (exact) mass is 325 g/mol. The molecule has 110 valence electrons. The topological polar surface area (TPSA) is 66.1 Å². The number of aryl methyl sites for hydroxylation is 1. The lowest BCUT2D eigenvalue weighted by Gasteiger charge is -2.23. The van der Waals surface area contributed by atoms with Gasteiger partial charge in [-0.15, -0.1) is 11.6 Å². The third kappa shape index (κ3) is 3.65. The summed E-state index contributed by atoms with van der Waals surface area (Å²) in [6.07, 6.45) is 2.81. The molecule has 0 radical (unpaired) electrons. The predicted octanol–water partition coefficient (Wildman–Crippen LogP) is 2.22. The second-order valence-corrected chi connectivity index (χ2v) is 7.58. The van der Waals surface area contributed by atoms with Crippen molar-refractivity contribution in [2.45, 2.75) is 37.2 Å². The normalized spacial score (nSPS) is 14.0. The van der Waals surface area contributed by atoms with E-state index in [-0.39, 0.29) is 16.9 Å². The predicted molar refractivity (Wildman–Crippen MR) is 80.3 cm³/mol. The van der Waals surface area contributed by atoms with E-state index >= 15 is 0 Å². The van der Waals surface area contributed by atoms with E-state index in [1.165, 1.54) is 4.31 Å². The zero-order valence-electron chi connectivity index (χ0n) is 11.6. The van der Waals surface area contributed by atoms with Gasteiger partial charge in [-0.05, 0) is 32.3 Å². The maximum absolute atomic E-state index is 12.5. The summed E-state index contributed by atoms with van der Waals surface area (Å²) in [5.74, 6) is 1.05. The van der Waals surface area contributed by atoms with E-state index in [2.05, 4.69) is 10.2 Å². The largest absolute Gasteiger partial charge is 0.281 e. The number of nitrogens with zero attached hydrogens (tertiary/aromatic N) is 2. The Morgan fingerprint density at radius 1 is 1.53 bits per heavy atom. The van der Waals surface area contributed by atoms with Crippen molar-refractivity contribution in [1.29, 1.82) is 0 Å². The summed E-state index contributed by atoms with van der Waals surface area (Å²) >= 11 is 7.51. The highest BCUT2D eigenvalue weighted by atomic mass is 35.5. The molecule has 1 aromatic rings. The maximum Gasteiger partial charge on any atom is 0.262 e. The number of aromatic nitrogens is 2. The van der Waals surface area contributed by atoms with Crippen LogP contribution >= 0.6 is 23.4 Å². The molecular weight excluding hydrogens is 306 g/mol. The summed E-state index contributed by atoms with van der Waals surface area (Å²) in [7, 11) is -2.01. The van der Waals surface area contributed by atoms with E-state index in [9.17, 15) is 8.42 Å². The molecule has 19 heavy (non-hydrogen) atoms. The molecule has 5 nitrogen and oxygen atoms in total. The molecule has 8 heteroatoms. The van der Waals surface area contributed by atoms with Crippen molar-refractivity contribution >= 4 is 33.4 Å². The second kappa shape index (κ2) is 6.97. The van der Waals surface area contributed by atoms with Crippen LogP contribution in [0.5, 0.6) is 0 Å². The van der Waals surface area contributed by atoms with Crippen molar-refractivity contribution < 1.29 is 8.42 Å². The first-order chi connectivity index (χ1) is 8.86. The smallest absolute Gasteiger partial charge is 0.262 e. The highest BCUT2D eigenvalue weighted by Gasteiger charge is 2.30. The summed E-state index contributed by atoms with van der Waals surface area (Å²) in [6, 6.07) is -0.0716. The van der Waals surface area contributed by atoms with Gasteiger partial charge in [0.25, 0.3) is 10.0 Å². The number of sulfonamides is 1. The Morgan fingerprint density at radius 2 is 2.16 bits per heavy atom. The highest BCUT2D eigenvalue weighted by Crippen LogP contribution is 2.23. The number of H-pyrrole nitrogens is 1. The van der Waals surface area contributed by atoms with Crippen LogP contribution in [0.15, 0.2) is 5.03 Å². The Hall–Kier alpha value is -0.240. The molecule has 1 atom stereocenters. The fourth-order valence-corrected chi connectivity index (χ4v) is 4.18. The molecule has 0 aliphatic heterocycles. The molecule has 0 aromatic carbocycles. The number of alkyl halides is 1. The number of halogens is 1. The standard InChI is InChI=1S/C11H20ClN3O2S2/c1-8(5-6-18-4)15(3)19(16,17)11-10(7-12)9(2)13-14-11/h8H,5-7H2,1-4H3,(H,13,14). The minimum Gasteiger partial charge on any atom is -0.281 e. The minimum absolute atomic E-state index is 0.0403. The number of nitrogens with one attached hydrogen (secondary N) is 1. The van der Waals surface area contributed by atoms with Crippen LogP contribution in [-0.2, 0) is 15.9 Å². The van der Waals surface area contributed by atoms with Gasteiger partial charge in [-0.25, -0.2) is 8.42 Å². The van der Waals surface area contributed by atoms with E-state index < -0.39 is 10.0 Å². The quantitative estimate of drug-likeness (QED) is 0.781. The SMILES string of the molecule is CSCCC(C)N(C)S(=O)(=O)c1n[nH]c(C)c1CCl. The molecule has 0 bridgehead atoms. The van der Waals surface area contributed by atoms with Crippen LogP contribution in [0, 0.1) is 6.92 Å². The van der Waals surface area contributed by atoms with Crippen LogP contribution in [0.25, 0.3) is 0 Å². The third-order valence-electron chi connectivity index (χ3n) is 3.15. The van der Waals surface area contributed by atoms with Gasteiger partial charge in [-0.1, -0.05) is 0 Å². The van der Waals surface area contributed by atoms with Gasteiger partial charge in [-0.3, -0.25) is 5.10 Å². The van der Waals surface area contributed by atoms with Gasteiger partial charge < -0.3 is 0 Å². The Morgan fingerprint density at radius 3 is 2.68 bits per heavy atom. The summed E-state index contributed by atoms with van der Waals surface area (Å²) in [5, 5.41) is 6.62. The average Bonchev–Trinajstić information content (AvgIpc) is 2.76. The van der Waals surface area contributed by atoms with E-state index in [4.69, 9.17) is 11.6 Å². The van der Waals surface area contributed by atoms with Crippen LogP contribution in [0.2, 0.25) is 0 Å². The van der Waals surface area contributed by atoms with Crippen molar-refractivity contribution in [2.75, 3.05) is 19.1 Å². The minimum atomic E-state index is -3.59. The molecule has 0 fully saturated rings. The molecular formula is C11H20ClN3O2S2. The molecule has 0 amide bonds. The lowest BCUT2D eigenvalue weighted by Crippen LogP contribution is -2.36. The first kappa shape index (κ1) is 16.8. The van der Waals surface area contributed by atoms with Crippen LogP contribution in [0.1, 0.15) is 24.6 Å². The van der Waals surface area contributed by atoms with Crippen LogP contribution in [0.3, 0.4) is 0 Å². The molecule has 0 aliphatic carbocycles. The zero-order chi connectivity index (χ0) is 14.6. The Balaban J connectivity index is 3.02. The number of hydrogen-bond acceptors (Lipinski definition) is 4. The number of aromatic amines is 1. The van der Waals surface area contributed by atoms with E-state index in [1.807, 2.05) is 13.2 Å². The van der Waals surface area contributed by atoms with Crippen LogP contribution in [0.4, 0.5) is 0 Å². The van der Waals surface area contributed by atoms with Gasteiger partial charge in [0.2, 0.25) is 0 Å². The van der Waals surface area contributed by atoms with Crippen molar-refractivity contribution in [2.24, 2.45) is 0 Å². The molecule has 0 saturated carbocycles. The first-order valence-electron chi connectivity index (χ1n) is 5.93. The molecule has 1 rings (SSSR count). The highest BCUT2D eigenvalue weighted by molar-refractivity contribution is 7.98. The van der Waals surface area contributed by atoms with Crippen molar-refractivity contribution in [3.05, 3.63) is 11.3 Å². The summed E-state index contributed by atoms with van der Waals surface area (Å²) in [4.78, 5) is 0. The molecule has 1 N–H and O–H groups in total. The summed E-state index contributed by atoms with van der Waals surface area (Å²) in [6.45, 7) is 3.66. The van der Waals surface area contributed by atoms with E-state index in [1.54, 1.807) is 25.7 Å². The van der Waals surface area contributed by atoms with Crippen molar-refractivity contribution in [3.8, 4) is 0 Å². The van der Waals surface area contributed by atoms with Gasteiger partial charge in [0.05, 0.1) is 5.88 Å². The maximum atomic E-state index is 12.5. The van der Waals surface area contributed by atoms with Gasteiger partial charge in [0.1, 0.15) is 0 Å². The first-order valence-corrected chi connectivity index (χ1v) is 9.29. The molecule has 1 aromatic heterocycles. The fraction of sp³-hybridized carbons (Fsp3) is 0.727. The van der Waals surface area contributed by atoms with Gasteiger partial charge in [-0.2, -0.15) is 21.2 Å². The Kier molecular flexibility index (Phi) is 6.16. The molecule has 0 spiro atoms. The van der Waals surface area contributed by atoms with Gasteiger partial charge in [0, 0.05) is 24.3 Å². The zero-order valence-corrected chi connectivity index (χ0v) is 14.0. The Bertz CT molecular complexity index is 516. The number of rotatable bonds is 7. The van der Waals surface area contributed by atoms with Crippen LogP contribution in [-0.4, -0.2) is 48.0 Å². The second-order valence-electron chi connectivity index (χ2n) is 4.42.